The summed E-state index contributed by atoms with van der Waals surface area (Å²) in [6, 6.07) is 23.0. The Kier molecular flexibility index (Phi) is 6.82. The van der Waals surface area contributed by atoms with Gasteiger partial charge in [-0.1, -0.05) is 54.1 Å². The zero-order valence-electron chi connectivity index (χ0n) is 19.7. The second-order valence-electron chi connectivity index (χ2n) is 8.61. The molecule has 1 aliphatic rings. The van der Waals surface area contributed by atoms with Crippen LogP contribution in [0.1, 0.15) is 27.2 Å². The third kappa shape index (κ3) is 5.16. The number of hydrogen-bond acceptors (Lipinski definition) is 5. The van der Waals surface area contributed by atoms with Crippen molar-refractivity contribution in [3.8, 4) is 11.6 Å². The fourth-order valence-corrected chi connectivity index (χ4v) is 4.26. The van der Waals surface area contributed by atoms with Crippen molar-refractivity contribution in [2.45, 2.75) is 19.5 Å². The van der Waals surface area contributed by atoms with Gasteiger partial charge >= 0.3 is 0 Å². The van der Waals surface area contributed by atoms with Crippen molar-refractivity contribution in [3.63, 3.8) is 0 Å². The molecule has 182 valence electrons. The van der Waals surface area contributed by atoms with Crippen molar-refractivity contribution in [2.75, 3.05) is 18.5 Å². The molecule has 1 aliphatic heterocycles. The minimum Gasteiger partial charge on any atom is -0.435 e. The number of anilines is 1. The van der Waals surface area contributed by atoms with Gasteiger partial charge in [-0.2, -0.15) is 4.98 Å². The molecule has 1 amide bonds. The maximum absolute atomic E-state index is 14.5. The number of amides is 1. The summed E-state index contributed by atoms with van der Waals surface area (Å²) in [6.07, 6.45) is 0.525. The first-order valence-electron chi connectivity index (χ1n) is 11.6. The van der Waals surface area contributed by atoms with Crippen LogP contribution in [-0.2, 0) is 19.5 Å². The fourth-order valence-electron chi connectivity index (χ4n) is 4.13. The van der Waals surface area contributed by atoms with Gasteiger partial charge in [0, 0.05) is 37.1 Å². The molecule has 0 spiro atoms. The minimum absolute atomic E-state index is 0.0659. The van der Waals surface area contributed by atoms with E-state index < -0.39 is 5.82 Å². The number of para-hydroxylation sites is 1. The van der Waals surface area contributed by atoms with Gasteiger partial charge in [-0.3, -0.25) is 4.79 Å². The molecule has 4 aromatic rings. The molecule has 0 radical (unpaired) electrons. The van der Waals surface area contributed by atoms with E-state index in [4.69, 9.17) is 21.3 Å². The van der Waals surface area contributed by atoms with Crippen LogP contribution in [-0.4, -0.2) is 34.4 Å². The standard InChI is InChI=1S/C28H24ClFN4O2/c1-33(17-19-7-3-2-4-8-19)28-31-24-15-16-34(27(35)20-11-13-21(29)14-12-20)18-22(24)26(32-28)36-25-10-6-5-9-23(25)30/h2-14H,15-18H2,1H3. The zero-order chi connectivity index (χ0) is 25.1. The number of nitrogens with zero attached hydrogens (tertiary/aromatic N) is 4. The van der Waals surface area contributed by atoms with E-state index in [2.05, 4.69) is 4.98 Å². The van der Waals surface area contributed by atoms with Crippen LogP contribution >= 0.6 is 11.6 Å². The Bertz CT molecular complexity index is 1380. The zero-order valence-corrected chi connectivity index (χ0v) is 20.5. The van der Waals surface area contributed by atoms with Gasteiger partial charge in [0.25, 0.3) is 5.91 Å². The molecule has 0 unspecified atom stereocenters. The number of ether oxygens (including phenoxy) is 1. The predicted octanol–water partition coefficient (Wildman–Crippen LogP) is 5.90. The van der Waals surface area contributed by atoms with Crippen LogP contribution in [0, 0.1) is 5.82 Å². The Labute approximate surface area is 213 Å². The molecule has 0 saturated carbocycles. The van der Waals surface area contributed by atoms with Gasteiger partial charge in [0.15, 0.2) is 11.6 Å². The summed E-state index contributed by atoms with van der Waals surface area (Å²) in [5, 5.41) is 0.566. The van der Waals surface area contributed by atoms with Crippen LogP contribution < -0.4 is 9.64 Å². The number of fused-ring (bicyclic) bond motifs is 1. The first-order chi connectivity index (χ1) is 17.5. The predicted molar refractivity (Wildman–Crippen MR) is 137 cm³/mol. The molecule has 1 aromatic heterocycles. The molecule has 0 aliphatic carbocycles. The Morgan fingerprint density at radius 3 is 2.50 bits per heavy atom. The number of carbonyl (C=O) groups is 1. The maximum Gasteiger partial charge on any atom is 0.254 e. The lowest BCUT2D eigenvalue weighted by Crippen LogP contribution is -2.37. The lowest BCUT2D eigenvalue weighted by molar-refractivity contribution is 0.0732. The van der Waals surface area contributed by atoms with E-state index in [-0.39, 0.29) is 24.1 Å². The first-order valence-corrected chi connectivity index (χ1v) is 12.0. The van der Waals surface area contributed by atoms with Crippen LogP contribution in [0.25, 0.3) is 0 Å². The van der Waals surface area contributed by atoms with Crippen molar-refractivity contribution in [2.24, 2.45) is 0 Å². The number of aromatic nitrogens is 2. The largest absolute Gasteiger partial charge is 0.435 e. The average molecular weight is 503 g/mol. The number of benzene rings is 3. The van der Waals surface area contributed by atoms with Crippen molar-refractivity contribution in [3.05, 3.63) is 112 Å². The topological polar surface area (TPSA) is 58.6 Å². The SMILES string of the molecule is CN(Cc1ccccc1)c1nc2c(c(Oc3ccccc3F)n1)CN(C(=O)c1ccc(Cl)cc1)CC2. The summed E-state index contributed by atoms with van der Waals surface area (Å²) in [5.74, 6) is 0.166. The Morgan fingerprint density at radius 2 is 1.75 bits per heavy atom. The van der Waals surface area contributed by atoms with E-state index in [0.717, 1.165) is 11.3 Å². The number of rotatable bonds is 6. The first kappa shape index (κ1) is 23.8. The van der Waals surface area contributed by atoms with Crippen molar-refractivity contribution < 1.29 is 13.9 Å². The van der Waals surface area contributed by atoms with Gasteiger partial charge in [-0.15, -0.1) is 0 Å². The van der Waals surface area contributed by atoms with Gasteiger partial charge in [0.1, 0.15) is 0 Å². The van der Waals surface area contributed by atoms with Crippen molar-refractivity contribution in [1.82, 2.24) is 14.9 Å². The van der Waals surface area contributed by atoms with E-state index in [1.165, 1.54) is 6.07 Å². The Hall–Kier alpha value is -3.97. The van der Waals surface area contributed by atoms with Gasteiger partial charge in [0.2, 0.25) is 11.8 Å². The van der Waals surface area contributed by atoms with E-state index in [0.29, 0.717) is 41.6 Å². The number of carbonyl (C=O) groups excluding carboxylic acids is 1. The van der Waals surface area contributed by atoms with Crippen LogP contribution in [0.5, 0.6) is 11.6 Å². The third-order valence-electron chi connectivity index (χ3n) is 6.04. The summed E-state index contributed by atoms with van der Waals surface area (Å²) < 4.78 is 20.4. The normalized spacial score (nSPS) is 12.7. The number of hydrogen-bond donors (Lipinski definition) is 0. The molecule has 0 atom stereocenters. The highest BCUT2D eigenvalue weighted by molar-refractivity contribution is 6.30. The summed E-state index contributed by atoms with van der Waals surface area (Å²) in [4.78, 5) is 26.3. The molecule has 8 heteroatoms. The smallest absolute Gasteiger partial charge is 0.254 e. The second-order valence-corrected chi connectivity index (χ2v) is 9.05. The summed E-state index contributed by atoms with van der Waals surface area (Å²) >= 11 is 5.98. The van der Waals surface area contributed by atoms with Gasteiger partial charge < -0.3 is 14.5 Å². The van der Waals surface area contributed by atoms with E-state index in [1.54, 1.807) is 47.4 Å². The lowest BCUT2D eigenvalue weighted by atomic mass is 10.1. The molecular weight excluding hydrogens is 479 g/mol. The van der Waals surface area contributed by atoms with Gasteiger partial charge in [0.05, 0.1) is 17.8 Å². The van der Waals surface area contributed by atoms with E-state index >= 15 is 0 Å². The lowest BCUT2D eigenvalue weighted by Gasteiger charge is -2.30. The molecule has 6 nitrogen and oxygen atoms in total. The Morgan fingerprint density at radius 1 is 1.03 bits per heavy atom. The third-order valence-corrected chi connectivity index (χ3v) is 6.29. The van der Waals surface area contributed by atoms with Crippen LogP contribution in [0.3, 0.4) is 0 Å². The molecule has 0 saturated heterocycles. The summed E-state index contributed by atoms with van der Waals surface area (Å²) in [6.45, 7) is 1.34. The molecule has 2 heterocycles. The number of halogens is 2. The molecule has 0 N–H and O–H groups in total. The highest BCUT2D eigenvalue weighted by atomic mass is 35.5. The van der Waals surface area contributed by atoms with Crippen molar-refractivity contribution >= 4 is 23.5 Å². The summed E-state index contributed by atoms with van der Waals surface area (Å²) in [5.41, 5.74) is 3.10. The summed E-state index contributed by atoms with van der Waals surface area (Å²) in [7, 11) is 1.90. The van der Waals surface area contributed by atoms with Gasteiger partial charge in [-0.05, 0) is 42.0 Å². The quantitative estimate of drug-likeness (QED) is 0.329. The second kappa shape index (κ2) is 10.3. The minimum atomic E-state index is -0.492. The van der Waals surface area contributed by atoms with Crippen LogP contribution in [0.4, 0.5) is 10.3 Å². The molecule has 0 bridgehead atoms. The molecule has 0 fully saturated rings. The maximum atomic E-state index is 14.5. The fraction of sp³-hybridized carbons (Fsp3) is 0.179. The average Bonchev–Trinajstić information content (AvgIpc) is 2.90. The van der Waals surface area contributed by atoms with Gasteiger partial charge in [-0.25, -0.2) is 9.37 Å². The molecular formula is C28H24ClFN4O2. The molecule has 3 aromatic carbocycles. The molecule has 36 heavy (non-hydrogen) atoms. The van der Waals surface area contributed by atoms with Crippen LogP contribution in [0.15, 0.2) is 78.9 Å². The van der Waals surface area contributed by atoms with Crippen molar-refractivity contribution in [1.29, 1.82) is 0 Å². The Balaban J connectivity index is 1.48. The molecule has 5 rings (SSSR count). The highest BCUT2D eigenvalue weighted by Gasteiger charge is 2.28. The van der Waals surface area contributed by atoms with Crippen LogP contribution in [0.2, 0.25) is 5.02 Å². The van der Waals surface area contributed by atoms with E-state index in [9.17, 15) is 9.18 Å². The van der Waals surface area contributed by atoms with E-state index in [1.807, 2.05) is 42.3 Å². The highest BCUT2D eigenvalue weighted by Crippen LogP contribution is 2.33. The monoisotopic (exact) mass is 502 g/mol.